The molecule has 20 heavy (non-hydrogen) atoms. The van der Waals surface area contributed by atoms with Gasteiger partial charge in [0.2, 0.25) is 5.91 Å². The first kappa shape index (κ1) is 14.1. The first-order valence-electron chi connectivity index (χ1n) is 6.47. The number of phenols is 1. The zero-order valence-electron chi connectivity index (χ0n) is 11.2. The summed E-state index contributed by atoms with van der Waals surface area (Å²) in [5.74, 6) is -2.69. The fourth-order valence-electron chi connectivity index (χ4n) is 2.35. The van der Waals surface area contributed by atoms with Crippen LogP contribution in [0.3, 0.4) is 0 Å². The van der Waals surface area contributed by atoms with E-state index < -0.39 is 17.8 Å². The van der Waals surface area contributed by atoms with Gasteiger partial charge in [-0.2, -0.15) is 0 Å². The van der Waals surface area contributed by atoms with Gasteiger partial charge in [-0.05, 0) is 37.5 Å². The van der Waals surface area contributed by atoms with Gasteiger partial charge in [-0.15, -0.1) is 0 Å². The number of aryl methyl sites for hydroxylation is 1. The second-order valence-electron chi connectivity index (χ2n) is 5.00. The number of amides is 1. The lowest BCUT2D eigenvalue weighted by molar-refractivity contribution is -0.146. The number of hydrogen-bond donors (Lipinski definition) is 3. The molecule has 1 amide bonds. The summed E-state index contributed by atoms with van der Waals surface area (Å²) < 4.78 is 0. The molecule has 3 N–H and O–H groups in total. The second kappa shape index (κ2) is 5.77. The Morgan fingerprint density at radius 3 is 2.45 bits per heavy atom. The monoisotopic (exact) mass is 275 g/mol. The van der Waals surface area contributed by atoms with Gasteiger partial charge in [-0.3, -0.25) is 9.59 Å². The zero-order chi connectivity index (χ0) is 14.7. The minimum Gasteiger partial charge on any atom is -0.506 e. The highest BCUT2D eigenvalue weighted by Crippen LogP contribution is 2.29. The van der Waals surface area contributed by atoms with E-state index in [1.54, 1.807) is 24.3 Å². The van der Waals surface area contributed by atoms with Crippen LogP contribution in [0.2, 0.25) is 0 Å². The minimum absolute atomic E-state index is 0.0171. The number of carboxylic acids is 1. The highest BCUT2D eigenvalue weighted by molar-refractivity contribution is 5.96. The molecule has 2 atom stereocenters. The molecule has 5 heteroatoms. The third-order valence-corrected chi connectivity index (χ3v) is 3.50. The van der Waals surface area contributed by atoms with E-state index in [1.807, 2.05) is 13.0 Å². The van der Waals surface area contributed by atoms with Gasteiger partial charge in [0.25, 0.3) is 0 Å². The quantitative estimate of drug-likeness (QED) is 0.583. The van der Waals surface area contributed by atoms with Crippen LogP contribution in [0.15, 0.2) is 30.4 Å². The van der Waals surface area contributed by atoms with E-state index in [1.165, 1.54) is 0 Å². The largest absolute Gasteiger partial charge is 0.506 e. The molecule has 2 rings (SSSR count). The molecule has 0 bridgehead atoms. The number of anilines is 1. The zero-order valence-corrected chi connectivity index (χ0v) is 11.2. The maximum absolute atomic E-state index is 12.2. The number of carboxylic acid groups (broad SMARTS) is 1. The summed E-state index contributed by atoms with van der Waals surface area (Å²) in [5.41, 5.74) is 1.18. The molecule has 0 aromatic heterocycles. The molecule has 1 aliphatic carbocycles. The van der Waals surface area contributed by atoms with E-state index in [2.05, 4.69) is 5.32 Å². The molecule has 0 aliphatic heterocycles. The van der Waals surface area contributed by atoms with E-state index in [-0.39, 0.29) is 11.7 Å². The van der Waals surface area contributed by atoms with Crippen LogP contribution in [0.25, 0.3) is 0 Å². The summed E-state index contributed by atoms with van der Waals surface area (Å²) in [6.45, 7) is 1.83. The number of rotatable bonds is 3. The molecular formula is C15H17NO4. The Bertz CT molecular complexity index is 565. The standard InChI is InChI=1S/C15H17NO4/c1-9-6-7-12(13(17)8-9)16-14(18)10-4-2-3-5-11(10)15(19)20/h2-3,6-8,10-11,17H,4-5H2,1H3,(H,16,18)(H,19,20)/t10-,11-/m0/s1. The molecule has 0 saturated carbocycles. The first-order valence-corrected chi connectivity index (χ1v) is 6.47. The molecule has 0 heterocycles. The molecule has 0 unspecified atom stereocenters. The Kier molecular flexibility index (Phi) is 4.08. The summed E-state index contributed by atoms with van der Waals surface area (Å²) in [6, 6.07) is 4.92. The van der Waals surface area contributed by atoms with E-state index in [0.717, 1.165) is 5.56 Å². The average molecular weight is 275 g/mol. The highest BCUT2D eigenvalue weighted by atomic mass is 16.4. The van der Waals surface area contributed by atoms with E-state index in [4.69, 9.17) is 5.11 Å². The van der Waals surface area contributed by atoms with Gasteiger partial charge in [0.15, 0.2) is 0 Å². The lowest BCUT2D eigenvalue weighted by atomic mass is 9.82. The number of carbonyl (C=O) groups excluding carboxylic acids is 1. The van der Waals surface area contributed by atoms with Gasteiger partial charge in [-0.1, -0.05) is 18.2 Å². The molecule has 0 spiro atoms. The smallest absolute Gasteiger partial charge is 0.307 e. The average Bonchev–Trinajstić information content (AvgIpc) is 2.41. The normalized spacial score (nSPS) is 21.4. The van der Waals surface area contributed by atoms with Crippen molar-refractivity contribution >= 4 is 17.6 Å². The van der Waals surface area contributed by atoms with Crippen molar-refractivity contribution in [2.75, 3.05) is 5.32 Å². The molecule has 0 fully saturated rings. The molecule has 106 valence electrons. The number of allylic oxidation sites excluding steroid dienone is 2. The van der Waals surface area contributed by atoms with Crippen molar-refractivity contribution in [1.82, 2.24) is 0 Å². The Morgan fingerprint density at radius 1 is 1.20 bits per heavy atom. The number of nitrogens with one attached hydrogen (secondary N) is 1. The molecule has 1 aromatic carbocycles. The summed E-state index contributed by atoms with van der Waals surface area (Å²) in [5, 5.41) is 21.5. The van der Waals surface area contributed by atoms with Gasteiger partial charge in [0.1, 0.15) is 5.75 Å². The van der Waals surface area contributed by atoms with E-state index in [0.29, 0.717) is 18.5 Å². The van der Waals surface area contributed by atoms with Crippen LogP contribution < -0.4 is 5.32 Å². The minimum atomic E-state index is -0.970. The van der Waals surface area contributed by atoms with Crippen molar-refractivity contribution in [3.63, 3.8) is 0 Å². The van der Waals surface area contributed by atoms with Crippen LogP contribution in [0, 0.1) is 18.8 Å². The van der Waals surface area contributed by atoms with Crippen molar-refractivity contribution in [3.8, 4) is 5.75 Å². The number of benzene rings is 1. The molecule has 1 aromatic rings. The Morgan fingerprint density at radius 2 is 1.85 bits per heavy atom. The van der Waals surface area contributed by atoms with Crippen LogP contribution in [-0.2, 0) is 9.59 Å². The molecular weight excluding hydrogens is 258 g/mol. The summed E-state index contributed by atoms with van der Waals surface area (Å²) in [6.07, 6.45) is 4.35. The fourth-order valence-corrected chi connectivity index (χ4v) is 2.35. The number of hydrogen-bond acceptors (Lipinski definition) is 3. The van der Waals surface area contributed by atoms with Gasteiger partial charge in [0, 0.05) is 0 Å². The lowest BCUT2D eigenvalue weighted by Gasteiger charge is -2.24. The molecule has 0 radical (unpaired) electrons. The van der Waals surface area contributed by atoms with Gasteiger partial charge >= 0.3 is 5.97 Å². The third-order valence-electron chi connectivity index (χ3n) is 3.50. The number of phenolic OH excluding ortho intramolecular Hbond substituents is 1. The van der Waals surface area contributed by atoms with Crippen molar-refractivity contribution in [1.29, 1.82) is 0 Å². The first-order chi connectivity index (χ1) is 9.49. The van der Waals surface area contributed by atoms with Crippen molar-refractivity contribution < 1.29 is 19.8 Å². The number of aliphatic carboxylic acids is 1. The van der Waals surface area contributed by atoms with Crippen molar-refractivity contribution in [2.24, 2.45) is 11.8 Å². The number of carbonyl (C=O) groups is 2. The summed E-state index contributed by atoms with van der Waals surface area (Å²) in [4.78, 5) is 23.4. The SMILES string of the molecule is Cc1ccc(NC(=O)[C@H]2CC=CC[C@@H]2C(=O)O)c(O)c1. The fraction of sp³-hybridized carbons (Fsp3) is 0.333. The van der Waals surface area contributed by atoms with Crippen LogP contribution in [0.5, 0.6) is 5.75 Å². The van der Waals surface area contributed by atoms with E-state index >= 15 is 0 Å². The van der Waals surface area contributed by atoms with Crippen LogP contribution in [0.1, 0.15) is 18.4 Å². The predicted octanol–water partition coefficient (Wildman–Crippen LogP) is 2.31. The molecule has 1 aliphatic rings. The molecule has 5 nitrogen and oxygen atoms in total. The predicted molar refractivity (Wildman–Crippen MR) is 74.5 cm³/mol. The van der Waals surface area contributed by atoms with Crippen LogP contribution in [0.4, 0.5) is 5.69 Å². The van der Waals surface area contributed by atoms with Gasteiger partial charge in [0.05, 0.1) is 17.5 Å². The second-order valence-corrected chi connectivity index (χ2v) is 5.00. The Balaban J connectivity index is 2.14. The van der Waals surface area contributed by atoms with Gasteiger partial charge < -0.3 is 15.5 Å². The third kappa shape index (κ3) is 2.99. The summed E-state index contributed by atoms with van der Waals surface area (Å²) in [7, 11) is 0. The lowest BCUT2D eigenvalue weighted by Crippen LogP contribution is -2.34. The highest BCUT2D eigenvalue weighted by Gasteiger charge is 2.34. The maximum Gasteiger partial charge on any atom is 0.307 e. The van der Waals surface area contributed by atoms with Crippen molar-refractivity contribution in [2.45, 2.75) is 19.8 Å². The van der Waals surface area contributed by atoms with Crippen LogP contribution in [-0.4, -0.2) is 22.1 Å². The maximum atomic E-state index is 12.2. The van der Waals surface area contributed by atoms with Crippen LogP contribution >= 0.6 is 0 Å². The summed E-state index contributed by atoms with van der Waals surface area (Å²) >= 11 is 0. The Hall–Kier alpha value is -2.30. The van der Waals surface area contributed by atoms with Crippen molar-refractivity contribution in [3.05, 3.63) is 35.9 Å². The van der Waals surface area contributed by atoms with E-state index in [9.17, 15) is 14.7 Å². The van der Waals surface area contributed by atoms with Gasteiger partial charge in [-0.25, -0.2) is 0 Å². The number of aromatic hydroxyl groups is 1. The Labute approximate surface area is 116 Å². The molecule has 0 saturated heterocycles. The topological polar surface area (TPSA) is 86.6 Å².